The number of hydrogen-bond donors (Lipinski definition) is 1. The van der Waals surface area contributed by atoms with Crippen LogP contribution in [0, 0.1) is 0 Å². The number of aromatic nitrogens is 1. The van der Waals surface area contributed by atoms with E-state index in [9.17, 15) is 0 Å². The first-order valence-electron chi connectivity index (χ1n) is 7.90. The zero-order valence-corrected chi connectivity index (χ0v) is 13.9. The topological polar surface area (TPSA) is 66.6 Å². The van der Waals surface area contributed by atoms with Crippen molar-refractivity contribution in [2.45, 2.75) is 31.0 Å². The minimum absolute atomic E-state index is 0.218. The number of ether oxygens (including phenoxy) is 3. The van der Waals surface area contributed by atoms with Crippen LogP contribution in [0.3, 0.4) is 0 Å². The van der Waals surface area contributed by atoms with E-state index in [4.69, 9.17) is 19.9 Å². The molecular formula is C17H20N2O3S. The molecule has 1 aliphatic heterocycles. The molecule has 2 N–H and O–H groups in total. The maximum absolute atomic E-state index is 6.01. The molecule has 122 valence electrons. The van der Waals surface area contributed by atoms with Crippen molar-refractivity contribution in [3.05, 3.63) is 29.4 Å². The van der Waals surface area contributed by atoms with Crippen molar-refractivity contribution in [1.29, 1.82) is 0 Å². The number of hydrogen-bond acceptors (Lipinski definition) is 6. The van der Waals surface area contributed by atoms with Gasteiger partial charge in [-0.15, -0.1) is 11.3 Å². The summed E-state index contributed by atoms with van der Waals surface area (Å²) in [6.45, 7) is 1.36. The first-order valence-corrected chi connectivity index (χ1v) is 8.72. The Morgan fingerprint density at radius 2 is 2.17 bits per heavy atom. The summed E-state index contributed by atoms with van der Waals surface area (Å²) in [5, 5.41) is 1.07. The van der Waals surface area contributed by atoms with E-state index < -0.39 is 5.79 Å². The molecule has 0 radical (unpaired) electrons. The molecule has 0 bridgehead atoms. The maximum atomic E-state index is 6.01. The smallest absolute Gasteiger partial charge is 0.177 e. The third-order valence-electron chi connectivity index (χ3n) is 4.66. The van der Waals surface area contributed by atoms with Crippen molar-refractivity contribution in [1.82, 2.24) is 4.98 Å². The number of nitrogen functional groups attached to an aromatic ring is 1. The number of anilines is 1. The van der Waals surface area contributed by atoms with Crippen LogP contribution in [0.25, 0.3) is 10.4 Å². The van der Waals surface area contributed by atoms with Crippen LogP contribution in [0.4, 0.5) is 5.69 Å². The summed E-state index contributed by atoms with van der Waals surface area (Å²) in [4.78, 5) is 5.72. The van der Waals surface area contributed by atoms with Gasteiger partial charge in [0, 0.05) is 18.2 Å². The van der Waals surface area contributed by atoms with Crippen LogP contribution >= 0.6 is 11.3 Å². The molecule has 1 atom stereocenters. The number of nitrogens with zero attached hydrogens (tertiary/aromatic N) is 1. The summed E-state index contributed by atoms with van der Waals surface area (Å²) in [6.07, 6.45) is 5.02. The third kappa shape index (κ3) is 2.41. The zero-order chi connectivity index (χ0) is 15.9. The Morgan fingerprint density at radius 1 is 1.35 bits per heavy atom. The summed E-state index contributed by atoms with van der Waals surface area (Å²) in [5.74, 6) is 0.475. The quantitative estimate of drug-likeness (QED) is 0.873. The lowest BCUT2D eigenvalue weighted by atomic mass is 10.0. The molecule has 5 nitrogen and oxygen atoms in total. The van der Waals surface area contributed by atoms with Gasteiger partial charge in [0.05, 0.1) is 36.8 Å². The Kier molecular flexibility index (Phi) is 3.75. The lowest BCUT2D eigenvalue weighted by molar-refractivity contribution is -0.162. The third-order valence-corrected chi connectivity index (χ3v) is 5.81. The normalized spacial score (nSPS) is 22.7. The van der Waals surface area contributed by atoms with Crippen molar-refractivity contribution in [2.24, 2.45) is 0 Å². The standard InChI is InChI=1S/C17H20N2O3S/c1-20-15-11(4-2-6-13(15)18)14-10-19-16(23-14)12-5-3-7-17(12)21-8-9-22-17/h2,4,6,10,12H,3,5,7-9,18H2,1H3. The van der Waals surface area contributed by atoms with Gasteiger partial charge in [0.1, 0.15) is 10.8 Å². The fourth-order valence-electron chi connectivity index (χ4n) is 3.62. The number of nitrogens with two attached hydrogens (primary N) is 1. The molecule has 6 heteroatoms. The molecule has 1 spiro atoms. The molecule has 2 aliphatic rings. The van der Waals surface area contributed by atoms with Crippen LogP contribution in [0.15, 0.2) is 24.4 Å². The molecule has 2 heterocycles. The summed E-state index contributed by atoms with van der Waals surface area (Å²) < 4.78 is 17.4. The highest BCUT2D eigenvalue weighted by atomic mass is 32.1. The average molecular weight is 332 g/mol. The predicted octanol–water partition coefficient (Wildman–Crippen LogP) is 3.41. The van der Waals surface area contributed by atoms with Crippen LogP contribution in [-0.2, 0) is 9.47 Å². The molecular weight excluding hydrogens is 312 g/mol. The van der Waals surface area contributed by atoms with Crippen LogP contribution in [-0.4, -0.2) is 31.1 Å². The van der Waals surface area contributed by atoms with Crippen molar-refractivity contribution in [3.63, 3.8) is 0 Å². The highest BCUT2D eigenvalue weighted by Crippen LogP contribution is 2.50. The Balaban J connectivity index is 1.69. The zero-order valence-electron chi connectivity index (χ0n) is 13.1. The molecule has 1 aliphatic carbocycles. The number of para-hydroxylation sites is 1. The van der Waals surface area contributed by atoms with Gasteiger partial charge >= 0.3 is 0 Å². The Morgan fingerprint density at radius 3 is 2.96 bits per heavy atom. The Bertz CT molecular complexity index is 704. The summed E-state index contributed by atoms with van der Waals surface area (Å²) in [7, 11) is 1.64. The van der Waals surface area contributed by atoms with Crippen LogP contribution in [0.1, 0.15) is 30.2 Å². The monoisotopic (exact) mass is 332 g/mol. The second-order valence-electron chi connectivity index (χ2n) is 5.94. The van der Waals surface area contributed by atoms with Gasteiger partial charge in [-0.1, -0.05) is 6.07 Å². The second kappa shape index (κ2) is 5.78. The van der Waals surface area contributed by atoms with E-state index >= 15 is 0 Å². The second-order valence-corrected chi connectivity index (χ2v) is 7.01. The molecule has 2 fully saturated rings. The fraction of sp³-hybridized carbons (Fsp3) is 0.471. The van der Waals surface area contributed by atoms with Gasteiger partial charge in [-0.05, 0) is 25.0 Å². The summed E-state index contributed by atoms with van der Waals surface area (Å²) in [5.41, 5.74) is 7.63. The van der Waals surface area contributed by atoms with E-state index in [1.165, 1.54) is 0 Å². The van der Waals surface area contributed by atoms with Gasteiger partial charge in [0.15, 0.2) is 5.79 Å². The minimum atomic E-state index is -0.449. The number of benzene rings is 1. The Labute approximate surface area is 139 Å². The molecule has 1 aromatic carbocycles. The lowest BCUT2D eigenvalue weighted by Gasteiger charge is -2.27. The molecule has 1 saturated heterocycles. The molecule has 1 aromatic heterocycles. The van der Waals surface area contributed by atoms with Crippen molar-refractivity contribution in [2.75, 3.05) is 26.1 Å². The first-order chi connectivity index (χ1) is 11.2. The van der Waals surface area contributed by atoms with Crippen molar-refractivity contribution < 1.29 is 14.2 Å². The van der Waals surface area contributed by atoms with E-state index in [1.54, 1.807) is 18.4 Å². The Hall–Kier alpha value is -1.63. The van der Waals surface area contributed by atoms with Gasteiger partial charge in [0.25, 0.3) is 0 Å². The van der Waals surface area contributed by atoms with E-state index in [1.807, 2.05) is 24.4 Å². The van der Waals surface area contributed by atoms with Gasteiger partial charge in [-0.3, -0.25) is 0 Å². The molecule has 1 saturated carbocycles. The SMILES string of the molecule is COc1c(N)cccc1-c1cnc(C2CCCC23OCCO3)s1. The lowest BCUT2D eigenvalue weighted by Crippen LogP contribution is -2.32. The molecule has 1 unspecified atom stereocenters. The van der Waals surface area contributed by atoms with Gasteiger partial charge in [0.2, 0.25) is 0 Å². The van der Waals surface area contributed by atoms with Gasteiger partial charge in [-0.25, -0.2) is 4.98 Å². The highest BCUT2D eigenvalue weighted by Gasteiger charge is 2.49. The maximum Gasteiger partial charge on any atom is 0.177 e. The largest absolute Gasteiger partial charge is 0.494 e. The summed E-state index contributed by atoms with van der Waals surface area (Å²) in [6, 6.07) is 5.79. The predicted molar refractivity (Wildman–Crippen MR) is 89.7 cm³/mol. The van der Waals surface area contributed by atoms with Crippen molar-refractivity contribution >= 4 is 17.0 Å². The van der Waals surface area contributed by atoms with E-state index in [0.717, 1.165) is 34.7 Å². The average Bonchev–Trinajstić information content (AvgIpc) is 3.29. The number of thiazole rings is 1. The number of methoxy groups -OCH3 is 1. The molecule has 0 amide bonds. The molecule has 4 rings (SSSR count). The van der Waals surface area contributed by atoms with Gasteiger partial charge in [-0.2, -0.15) is 0 Å². The highest BCUT2D eigenvalue weighted by molar-refractivity contribution is 7.15. The molecule has 2 aromatic rings. The van der Waals surface area contributed by atoms with E-state index in [2.05, 4.69) is 4.98 Å². The van der Waals surface area contributed by atoms with Crippen molar-refractivity contribution in [3.8, 4) is 16.2 Å². The van der Waals surface area contributed by atoms with Crippen LogP contribution in [0.5, 0.6) is 5.75 Å². The molecule has 23 heavy (non-hydrogen) atoms. The number of rotatable bonds is 3. The van der Waals surface area contributed by atoms with E-state index in [-0.39, 0.29) is 5.92 Å². The fourth-order valence-corrected chi connectivity index (χ4v) is 4.77. The van der Waals surface area contributed by atoms with Gasteiger partial charge < -0.3 is 19.9 Å². The van der Waals surface area contributed by atoms with Crippen LogP contribution < -0.4 is 10.5 Å². The van der Waals surface area contributed by atoms with Crippen LogP contribution in [0.2, 0.25) is 0 Å². The van der Waals surface area contributed by atoms with E-state index in [0.29, 0.717) is 24.7 Å². The first kappa shape index (κ1) is 14.9. The summed E-state index contributed by atoms with van der Waals surface area (Å²) >= 11 is 1.68. The minimum Gasteiger partial charge on any atom is -0.494 e.